The lowest BCUT2D eigenvalue weighted by Crippen LogP contribution is -2.08. The summed E-state index contributed by atoms with van der Waals surface area (Å²) in [7, 11) is 0. The molecule has 1 N–H and O–H groups in total. The molecule has 2 rings (SSSR count). The molecule has 2 heteroatoms. The van der Waals surface area contributed by atoms with E-state index in [1.807, 2.05) is 30.3 Å². The van der Waals surface area contributed by atoms with Crippen LogP contribution in [0.5, 0.6) is 0 Å². The second-order valence-corrected chi connectivity index (χ2v) is 5.68. The zero-order valence-corrected chi connectivity index (χ0v) is 11.7. The Morgan fingerprint density at radius 2 is 1.83 bits per heavy atom. The summed E-state index contributed by atoms with van der Waals surface area (Å²) in [5.74, 6) is 0.667. The van der Waals surface area contributed by atoms with Crippen molar-refractivity contribution in [1.29, 1.82) is 0 Å². The highest BCUT2D eigenvalue weighted by Crippen LogP contribution is 2.31. The topological polar surface area (TPSA) is 20.2 Å². The zero-order chi connectivity index (χ0) is 13.0. The van der Waals surface area contributed by atoms with Crippen molar-refractivity contribution in [2.45, 2.75) is 45.1 Å². The maximum absolute atomic E-state index is 10.2. The third-order valence-corrected chi connectivity index (χ3v) is 4.13. The normalized spacial score (nSPS) is 19.8. The van der Waals surface area contributed by atoms with E-state index in [0.717, 1.165) is 5.56 Å². The van der Waals surface area contributed by atoms with Gasteiger partial charge in [-0.3, -0.25) is 0 Å². The number of aliphatic hydroxyl groups excluding tert-OH is 1. The molecule has 1 fully saturated rings. The van der Waals surface area contributed by atoms with Crippen LogP contribution in [0.15, 0.2) is 35.9 Å². The van der Waals surface area contributed by atoms with Gasteiger partial charge in [0.25, 0.3) is 0 Å². The molecule has 0 aliphatic heterocycles. The zero-order valence-electron chi connectivity index (χ0n) is 10.9. The van der Waals surface area contributed by atoms with E-state index < -0.39 is 6.10 Å². The minimum atomic E-state index is -0.510. The first-order valence-electron chi connectivity index (χ1n) is 6.78. The average Bonchev–Trinajstić information content (AvgIpc) is 2.40. The summed E-state index contributed by atoms with van der Waals surface area (Å²) in [6.45, 7) is 2.15. The number of hydrogen-bond acceptors (Lipinski definition) is 1. The molecule has 0 bridgehead atoms. The number of aliphatic hydroxyl groups is 1. The molecule has 1 saturated carbocycles. The van der Waals surface area contributed by atoms with E-state index in [1.165, 1.54) is 37.7 Å². The Morgan fingerprint density at radius 3 is 2.44 bits per heavy atom. The fourth-order valence-corrected chi connectivity index (χ4v) is 2.83. The molecule has 0 aromatic heterocycles. The second-order valence-electron chi connectivity index (χ2n) is 5.24. The molecule has 18 heavy (non-hydrogen) atoms. The lowest BCUT2D eigenvalue weighted by Gasteiger charge is -2.23. The van der Waals surface area contributed by atoms with Crippen LogP contribution in [-0.2, 0) is 0 Å². The molecule has 1 aliphatic rings. The largest absolute Gasteiger partial charge is 0.384 e. The molecule has 0 amide bonds. The van der Waals surface area contributed by atoms with Crippen LogP contribution in [0, 0.1) is 5.92 Å². The highest BCUT2D eigenvalue weighted by molar-refractivity contribution is 6.30. The molecule has 1 atom stereocenters. The number of benzene rings is 1. The van der Waals surface area contributed by atoms with Gasteiger partial charge < -0.3 is 5.11 Å². The van der Waals surface area contributed by atoms with Crippen LogP contribution in [0.1, 0.15) is 50.7 Å². The molecule has 0 heterocycles. The van der Waals surface area contributed by atoms with Crippen LogP contribution >= 0.6 is 11.6 Å². The fourth-order valence-electron chi connectivity index (χ4n) is 2.70. The first kappa shape index (κ1) is 13.6. The van der Waals surface area contributed by atoms with Crippen molar-refractivity contribution in [2.75, 3.05) is 0 Å². The van der Waals surface area contributed by atoms with Gasteiger partial charge in [-0.25, -0.2) is 0 Å². The molecule has 0 spiro atoms. The summed E-state index contributed by atoms with van der Waals surface area (Å²) >= 11 is 5.85. The number of halogens is 1. The van der Waals surface area contributed by atoms with Gasteiger partial charge in [0.15, 0.2) is 0 Å². The highest BCUT2D eigenvalue weighted by atomic mass is 35.5. The second kappa shape index (κ2) is 6.40. The lowest BCUT2D eigenvalue weighted by atomic mass is 9.83. The number of allylic oxidation sites excluding steroid dienone is 1. The first-order valence-corrected chi connectivity index (χ1v) is 7.16. The Balaban J connectivity index is 2.04. The van der Waals surface area contributed by atoms with E-state index in [9.17, 15) is 5.11 Å². The van der Waals surface area contributed by atoms with Crippen molar-refractivity contribution in [2.24, 2.45) is 5.92 Å². The monoisotopic (exact) mass is 264 g/mol. The van der Waals surface area contributed by atoms with Crippen molar-refractivity contribution in [1.82, 2.24) is 0 Å². The maximum Gasteiger partial charge on any atom is 0.0974 e. The average molecular weight is 265 g/mol. The van der Waals surface area contributed by atoms with Crippen LogP contribution in [0.3, 0.4) is 0 Å². The van der Waals surface area contributed by atoms with Crippen molar-refractivity contribution >= 4 is 11.6 Å². The molecular formula is C16H21ClO. The van der Waals surface area contributed by atoms with Gasteiger partial charge in [0.05, 0.1) is 6.10 Å². The van der Waals surface area contributed by atoms with Crippen LogP contribution in [0.4, 0.5) is 0 Å². The van der Waals surface area contributed by atoms with Crippen LogP contribution < -0.4 is 0 Å². The van der Waals surface area contributed by atoms with Crippen molar-refractivity contribution in [3.8, 4) is 0 Å². The Labute approximate surface area is 114 Å². The molecule has 98 valence electrons. The Bertz CT molecular complexity index is 402. The molecule has 1 unspecified atom stereocenters. The quantitative estimate of drug-likeness (QED) is 0.770. The Hall–Kier alpha value is -0.790. The van der Waals surface area contributed by atoms with E-state index in [0.29, 0.717) is 10.9 Å². The van der Waals surface area contributed by atoms with Crippen LogP contribution in [-0.4, -0.2) is 5.11 Å². The number of rotatable bonds is 3. The van der Waals surface area contributed by atoms with E-state index in [1.54, 1.807) is 0 Å². The molecule has 1 nitrogen and oxygen atoms in total. The molecule has 1 aromatic rings. The summed E-state index contributed by atoms with van der Waals surface area (Å²) in [5.41, 5.74) is 2.24. The Morgan fingerprint density at radius 1 is 1.22 bits per heavy atom. The highest BCUT2D eigenvalue weighted by Gasteiger charge is 2.16. The standard InChI is InChI=1S/C16H21ClO/c1-12(13-5-3-2-4-6-13)11-16(18)14-7-9-15(17)10-8-14/h7-11,13,16,18H,2-6H2,1H3/b12-11+. The third kappa shape index (κ3) is 3.60. The van der Waals surface area contributed by atoms with E-state index in [-0.39, 0.29) is 0 Å². The number of hydrogen-bond donors (Lipinski definition) is 1. The summed E-state index contributed by atoms with van der Waals surface area (Å²) in [4.78, 5) is 0. The third-order valence-electron chi connectivity index (χ3n) is 3.88. The molecule has 1 aromatic carbocycles. The van der Waals surface area contributed by atoms with E-state index in [2.05, 4.69) is 6.92 Å². The van der Waals surface area contributed by atoms with Crippen molar-refractivity contribution in [3.05, 3.63) is 46.5 Å². The summed E-state index contributed by atoms with van der Waals surface area (Å²) < 4.78 is 0. The molecule has 1 aliphatic carbocycles. The van der Waals surface area contributed by atoms with Gasteiger partial charge in [0.2, 0.25) is 0 Å². The predicted octanol–water partition coefficient (Wildman–Crippen LogP) is 4.90. The lowest BCUT2D eigenvalue weighted by molar-refractivity contribution is 0.226. The molecule has 0 radical (unpaired) electrons. The van der Waals surface area contributed by atoms with E-state index >= 15 is 0 Å². The van der Waals surface area contributed by atoms with Gasteiger partial charge in [-0.2, -0.15) is 0 Å². The summed E-state index contributed by atoms with van der Waals surface area (Å²) in [5, 5.41) is 10.9. The van der Waals surface area contributed by atoms with Gasteiger partial charge in [-0.15, -0.1) is 0 Å². The summed E-state index contributed by atoms with van der Waals surface area (Å²) in [6.07, 6.45) is 8.05. The van der Waals surface area contributed by atoms with E-state index in [4.69, 9.17) is 11.6 Å². The molecular weight excluding hydrogens is 244 g/mol. The minimum absolute atomic E-state index is 0.510. The smallest absolute Gasteiger partial charge is 0.0974 e. The predicted molar refractivity (Wildman–Crippen MR) is 76.7 cm³/mol. The fraction of sp³-hybridized carbons (Fsp3) is 0.500. The van der Waals surface area contributed by atoms with Gasteiger partial charge in [0.1, 0.15) is 0 Å². The van der Waals surface area contributed by atoms with Crippen LogP contribution in [0.25, 0.3) is 0 Å². The van der Waals surface area contributed by atoms with Gasteiger partial charge >= 0.3 is 0 Å². The SMILES string of the molecule is C/C(=C\C(O)c1ccc(Cl)cc1)C1CCCCC1. The van der Waals surface area contributed by atoms with Gasteiger partial charge in [-0.05, 0) is 43.4 Å². The minimum Gasteiger partial charge on any atom is -0.384 e. The first-order chi connectivity index (χ1) is 8.66. The molecule has 0 saturated heterocycles. The van der Waals surface area contributed by atoms with Gasteiger partial charge in [-0.1, -0.05) is 54.6 Å². The van der Waals surface area contributed by atoms with Crippen LogP contribution in [0.2, 0.25) is 5.02 Å². The maximum atomic E-state index is 10.2. The summed E-state index contributed by atoms with van der Waals surface area (Å²) in [6, 6.07) is 7.42. The Kier molecular flexibility index (Phi) is 4.85. The van der Waals surface area contributed by atoms with Crippen molar-refractivity contribution in [3.63, 3.8) is 0 Å². The van der Waals surface area contributed by atoms with Crippen molar-refractivity contribution < 1.29 is 5.11 Å². The van der Waals surface area contributed by atoms with Gasteiger partial charge in [0, 0.05) is 5.02 Å².